The number of nitrogens with zero attached hydrogens (tertiary/aromatic N) is 3. The molecule has 0 aromatic rings. The van der Waals surface area contributed by atoms with Gasteiger partial charge in [0, 0.05) is 38.8 Å². The first kappa shape index (κ1) is 17.8. The quantitative estimate of drug-likeness (QED) is 0.650. The molecule has 1 heterocycles. The Bertz CT molecular complexity index is 384. The molecule has 1 saturated heterocycles. The molecule has 0 saturated carbocycles. The Morgan fingerprint density at radius 2 is 1.95 bits per heavy atom. The zero-order valence-corrected chi connectivity index (χ0v) is 14.3. The molecule has 120 valence electrons. The summed E-state index contributed by atoms with van der Waals surface area (Å²) in [7, 11) is 2.38. The van der Waals surface area contributed by atoms with Gasteiger partial charge in [0.2, 0.25) is 0 Å². The summed E-state index contributed by atoms with van der Waals surface area (Å²) in [6.07, 6.45) is 1.74. The molecular weight excluding hydrogens is 276 g/mol. The van der Waals surface area contributed by atoms with Gasteiger partial charge in [0.05, 0.1) is 0 Å². The lowest BCUT2D eigenvalue weighted by Gasteiger charge is -2.25. The highest BCUT2D eigenvalue weighted by molar-refractivity contribution is 7.86. The second-order valence-electron chi connectivity index (χ2n) is 6.06. The summed E-state index contributed by atoms with van der Waals surface area (Å²) >= 11 is 0. The van der Waals surface area contributed by atoms with Crippen molar-refractivity contribution in [2.45, 2.75) is 38.8 Å². The topological polar surface area (TPSA) is 55.9 Å². The van der Waals surface area contributed by atoms with E-state index in [9.17, 15) is 8.42 Å². The molecule has 0 amide bonds. The lowest BCUT2D eigenvalue weighted by molar-refractivity contribution is 0.298. The lowest BCUT2D eigenvalue weighted by Crippen LogP contribution is -2.43. The van der Waals surface area contributed by atoms with E-state index in [4.69, 9.17) is 0 Å². The predicted molar refractivity (Wildman–Crippen MR) is 83.0 cm³/mol. The van der Waals surface area contributed by atoms with E-state index in [1.165, 1.54) is 4.31 Å². The Morgan fingerprint density at radius 1 is 1.30 bits per heavy atom. The summed E-state index contributed by atoms with van der Waals surface area (Å²) in [5, 5.41) is 3.30. The van der Waals surface area contributed by atoms with Gasteiger partial charge in [-0.15, -0.1) is 0 Å². The summed E-state index contributed by atoms with van der Waals surface area (Å²) < 4.78 is 28.0. The second kappa shape index (κ2) is 7.70. The van der Waals surface area contributed by atoms with Crippen LogP contribution in [0.5, 0.6) is 0 Å². The van der Waals surface area contributed by atoms with Crippen LogP contribution >= 0.6 is 0 Å². The van der Waals surface area contributed by atoms with Gasteiger partial charge in [-0.2, -0.15) is 17.0 Å². The predicted octanol–water partition coefficient (Wildman–Crippen LogP) is 0.187. The fourth-order valence-electron chi connectivity index (χ4n) is 2.35. The van der Waals surface area contributed by atoms with Crippen LogP contribution in [0.1, 0.15) is 26.7 Å². The van der Waals surface area contributed by atoms with Crippen molar-refractivity contribution in [2.24, 2.45) is 0 Å². The van der Waals surface area contributed by atoms with E-state index in [-0.39, 0.29) is 0 Å². The molecule has 1 atom stereocenters. The maximum Gasteiger partial charge on any atom is 0.281 e. The first-order chi connectivity index (χ1) is 9.25. The first-order valence-electron chi connectivity index (χ1n) is 7.36. The van der Waals surface area contributed by atoms with Crippen molar-refractivity contribution < 1.29 is 8.42 Å². The second-order valence-corrected chi connectivity index (χ2v) is 8.09. The Labute approximate surface area is 124 Å². The number of hydrogen-bond donors (Lipinski definition) is 1. The minimum atomic E-state index is -3.29. The van der Waals surface area contributed by atoms with Crippen LogP contribution in [0.2, 0.25) is 0 Å². The summed E-state index contributed by atoms with van der Waals surface area (Å²) in [5.74, 6) is 0. The third kappa shape index (κ3) is 4.96. The van der Waals surface area contributed by atoms with E-state index in [1.807, 2.05) is 14.1 Å². The Balaban J connectivity index is 2.44. The van der Waals surface area contributed by atoms with E-state index in [0.29, 0.717) is 31.7 Å². The van der Waals surface area contributed by atoms with E-state index in [0.717, 1.165) is 19.4 Å². The molecule has 0 aromatic heterocycles. The van der Waals surface area contributed by atoms with Crippen molar-refractivity contribution in [1.82, 2.24) is 18.8 Å². The third-order valence-corrected chi connectivity index (χ3v) is 5.73. The number of rotatable bonds is 8. The molecule has 0 aliphatic carbocycles. The minimum Gasteiger partial charge on any atom is -0.314 e. The lowest BCUT2D eigenvalue weighted by atomic mass is 10.2. The third-order valence-electron chi connectivity index (χ3n) is 3.78. The Hall–Kier alpha value is -0.210. The van der Waals surface area contributed by atoms with Crippen LogP contribution in [0.3, 0.4) is 0 Å². The zero-order valence-electron chi connectivity index (χ0n) is 13.5. The highest BCUT2D eigenvalue weighted by Crippen LogP contribution is 2.18. The molecule has 6 nitrogen and oxygen atoms in total. The SMILES string of the molecule is CC(C)NCCCN(C)S(=O)(=O)N1CCC(N(C)C)C1. The van der Waals surface area contributed by atoms with Crippen LogP contribution in [-0.4, -0.2) is 81.3 Å². The molecule has 1 aliphatic heterocycles. The largest absolute Gasteiger partial charge is 0.314 e. The van der Waals surface area contributed by atoms with Crippen molar-refractivity contribution in [3.8, 4) is 0 Å². The van der Waals surface area contributed by atoms with Crippen molar-refractivity contribution in [3.05, 3.63) is 0 Å². The molecule has 0 spiro atoms. The van der Waals surface area contributed by atoms with Crippen molar-refractivity contribution in [1.29, 1.82) is 0 Å². The molecule has 1 rings (SSSR count). The molecule has 0 bridgehead atoms. The number of likely N-dealkylation sites (N-methyl/N-ethyl adjacent to an activating group) is 1. The van der Waals surface area contributed by atoms with Gasteiger partial charge in [0.1, 0.15) is 0 Å². The molecule has 1 aliphatic rings. The Kier molecular flexibility index (Phi) is 6.87. The maximum atomic E-state index is 12.4. The van der Waals surface area contributed by atoms with Gasteiger partial charge in [-0.1, -0.05) is 13.8 Å². The number of hydrogen-bond acceptors (Lipinski definition) is 4. The standard InChI is InChI=1S/C13H30N4O2S/c1-12(2)14-8-6-9-16(5)20(18,19)17-10-7-13(11-17)15(3)4/h12-14H,6-11H2,1-5H3. The van der Waals surface area contributed by atoms with Gasteiger partial charge in [-0.3, -0.25) is 0 Å². The van der Waals surface area contributed by atoms with Gasteiger partial charge in [-0.05, 0) is 33.5 Å². The van der Waals surface area contributed by atoms with Crippen LogP contribution in [-0.2, 0) is 10.2 Å². The van der Waals surface area contributed by atoms with Crippen molar-refractivity contribution in [3.63, 3.8) is 0 Å². The van der Waals surface area contributed by atoms with Gasteiger partial charge in [0.15, 0.2) is 0 Å². The fraction of sp³-hybridized carbons (Fsp3) is 1.00. The summed E-state index contributed by atoms with van der Waals surface area (Å²) in [6.45, 7) is 6.81. The first-order valence-corrected chi connectivity index (χ1v) is 8.76. The van der Waals surface area contributed by atoms with Crippen LogP contribution in [0, 0.1) is 0 Å². The molecule has 1 N–H and O–H groups in total. The fourth-order valence-corrected chi connectivity index (χ4v) is 3.80. The Morgan fingerprint density at radius 3 is 2.45 bits per heavy atom. The van der Waals surface area contributed by atoms with E-state index in [1.54, 1.807) is 11.4 Å². The van der Waals surface area contributed by atoms with Crippen LogP contribution in [0.15, 0.2) is 0 Å². The molecule has 20 heavy (non-hydrogen) atoms. The molecule has 0 aromatic carbocycles. The van der Waals surface area contributed by atoms with Gasteiger partial charge >= 0.3 is 0 Å². The van der Waals surface area contributed by atoms with Gasteiger partial charge < -0.3 is 10.2 Å². The molecule has 1 unspecified atom stereocenters. The van der Waals surface area contributed by atoms with Crippen molar-refractivity contribution >= 4 is 10.2 Å². The summed E-state index contributed by atoms with van der Waals surface area (Å²) in [6, 6.07) is 0.775. The minimum absolute atomic E-state index is 0.334. The van der Waals surface area contributed by atoms with Gasteiger partial charge in [-0.25, -0.2) is 0 Å². The summed E-state index contributed by atoms with van der Waals surface area (Å²) in [4.78, 5) is 2.10. The van der Waals surface area contributed by atoms with Crippen molar-refractivity contribution in [2.75, 3.05) is 47.3 Å². The smallest absolute Gasteiger partial charge is 0.281 e. The zero-order chi connectivity index (χ0) is 15.3. The van der Waals surface area contributed by atoms with E-state index < -0.39 is 10.2 Å². The van der Waals surface area contributed by atoms with E-state index in [2.05, 4.69) is 24.1 Å². The molecule has 0 radical (unpaired) electrons. The summed E-state index contributed by atoms with van der Waals surface area (Å²) in [5.41, 5.74) is 0. The van der Waals surface area contributed by atoms with Gasteiger partial charge in [0.25, 0.3) is 10.2 Å². The van der Waals surface area contributed by atoms with Crippen LogP contribution in [0.4, 0.5) is 0 Å². The highest BCUT2D eigenvalue weighted by atomic mass is 32.2. The number of nitrogens with one attached hydrogen (secondary N) is 1. The molecular formula is C13H30N4O2S. The van der Waals surface area contributed by atoms with Crippen LogP contribution in [0.25, 0.3) is 0 Å². The molecule has 7 heteroatoms. The van der Waals surface area contributed by atoms with Crippen LogP contribution < -0.4 is 5.32 Å². The van der Waals surface area contributed by atoms with E-state index >= 15 is 0 Å². The average molecular weight is 306 g/mol. The average Bonchev–Trinajstić information content (AvgIpc) is 2.84. The normalized spacial score (nSPS) is 21.5. The maximum absolute atomic E-state index is 12.4. The highest BCUT2D eigenvalue weighted by Gasteiger charge is 2.34. The molecule has 1 fully saturated rings. The monoisotopic (exact) mass is 306 g/mol.